The summed E-state index contributed by atoms with van der Waals surface area (Å²) < 4.78 is 5.87. The maximum Gasteiger partial charge on any atom is 0.226 e. The number of benzene rings is 2. The molecule has 4 aliphatic rings. The fourth-order valence-corrected chi connectivity index (χ4v) is 8.63. The van der Waals surface area contributed by atoms with Crippen LogP contribution in [0.15, 0.2) is 72.9 Å². The van der Waals surface area contributed by atoms with E-state index in [0.29, 0.717) is 50.8 Å². The summed E-state index contributed by atoms with van der Waals surface area (Å²) in [6.07, 6.45) is 12.1. The van der Waals surface area contributed by atoms with Gasteiger partial charge in [-0.2, -0.15) is 0 Å². The number of carbonyl (C=O) groups excluding carboxylic acids is 3. The van der Waals surface area contributed by atoms with Crippen LogP contribution >= 0.6 is 0 Å². The molecule has 1 aromatic heterocycles. The minimum atomic E-state index is -0.0590. The molecule has 1 atom stereocenters. The lowest BCUT2D eigenvalue weighted by molar-refractivity contribution is -0.126. The average molecular weight is 651 g/mol. The minimum Gasteiger partial charge on any atom is -0.494 e. The predicted molar refractivity (Wildman–Crippen MR) is 187 cm³/mol. The van der Waals surface area contributed by atoms with Crippen molar-refractivity contribution < 1.29 is 19.1 Å². The van der Waals surface area contributed by atoms with Crippen LogP contribution in [0.4, 0.5) is 0 Å². The molecule has 8 nitrogen and oxygen atoms in total. The maximum absolute atomic E-state index is 12.7. The number of aromatic nitrogens is 1. The second kappa shape index (κ2) is 15.8. The fourth-order valence-electron chi connectivity index (χ4n) is 8.63. The zero-order valence-corrected chi connectivity index (χ0v) is 28.2. The Morgan fingerprint density at radius 3 is 2.12 bits per heavy atom. The van der Waals surface area contributed by atoms with Crippen molar-refractivity contribution in [3.8, 4) is 16.9 Å². The van der Waals surface area contributed by atoms with E-state index < -0.39 is 0 Å². The second-order valence-electron chi connectivity index (χ2n) is 14.5. The summed E-state index contributed by atoms with van der Waals surface area (Å²) >= 11 is 0. The summed E-state index contributed by atoms with van der Waals surface area (Å²) in [6, 6.07) is 21.7. The fraction of sp³-hybridized carbons (Fsp3) is 0.500. The van der Waals surface area contributed by atoms with Gasteiger partial charge in [-0.25, -0.2) is 0 Å². The smallest absolute Gasteiger partial charge is 0.226 e. The average Bonchev–Trinajstić information content (AvgIpc) is 3.08. The molecule has 4 bridgehead atoms. The summed E-state index contributed by atoms with van der Waals surface area (Å²) in [7, 11) is 0. The van der Waals surface area contributed by atoms with Crippen LogP contribution in [0.1, 0.15) is 82.4 Å². The Balaban J connectivity index is 0.820. The van der Waals surface area contributed by atoms with E-state index in [9.17, 15) is 14.4 Å². The van der Waals surface area contributed by atoms with E-state index in [1.54, 1.807) is 6.20 Å². The van der Waals surface area contributed by atoms with Crippen molar-refractivity contribution >= 4 is 17.7 Å². The third-order valence-electron chi connectivity index (χ3n) is 10.8. The normalized spacial score (nSPS) is 22.9. The SMILES string of the molecule is CC(NC(=O)CCCC(=O)NCCCOc1ccc(-c2ccc(CC(=O)NCc3ccccc3)nc2)cc1)C12CC3CC(CC(C3)C1)C2. The molecule has 0 saturated heterocycles. The molecule has 4 aliphatic carbocycles. The quantitative estimate of drug-likeness (QED) is 0.156. The number of ether oxygens (including phenoxy) is 1. The number of nitrogens with zero attached hydrogens (tertiary/aromatic N) is 1. The first-order valence-electron chi connectivity index (χ1n) is 17.9. The summed E-state index contributed by atoms with van der Waals surface area (Å²) in [4.78, 5) is 41.8. The molecule has 8 heteroatoms. The van der Waals surface area contributed by atoms with Crippen LogP contribution < -0.4 is 20.7 Å². The number of rotatable bonds is 16. The van der Waals surface area contributed by atoms with Crippen molar-refractivity contribution in [2.24, 2.45) is 23.2 Å². The zero-order valence-electron chi connectivity index (χ0n) is 28.2. The molecule has 3 aromatic rings. The lowest BCUT2D eigenvalue weighted by Gasteiger charge is -2.59. The molecule has 1 heterocycles. The van der Waals surface area contributed by atoms with E-state index in [1.165, 1.54) is 38.5 Å². The number of amides is 3. The third kappa shape index (κ3) is 9.03. The first-order chi connectivity index (χ1) is 23.3. The van der Waals surface area contributed by atoms with Gasteiger partial charge in [-0.3, -0.25) is 19.4 Å². The van der Waals surface area contributed by atoms with Gasteiger partial charge in [0.05, 0.1) is 13.0 Å². The number of hydrogen-bond acceptors (Lipinski definition) is 5. The van der Waals surface area contributed by atoms with Gasteiger partial charge >= 0.3 is 0 Å². The summed E-state index contributed by atoms with van der Waals surface area (Å²) in [6.45, 7) is 3.74. The Labute approximate surface area is 284 Å². The third-order valence-corrected chi connectivity index (χ3v) is 10.8. The minimum absolute atomic E-state index is 0.0197. The highest BCUT2D eigenvalue weighted by molar-refractivity contribution is 5.79. The van der Waals surface area contributed by atoms with Crippen LogP contribution in [0.25, 0.3) is 11.1 Å². The number of pyridine rings is 1. The highest BCUT2D eigenvalue weighted by Gasteiger charge is 2.53. The van der Waals surface area contributed by atoms with Crippen LogP contribution in [0.3, 0.4) is 0 Å². The van der Waals surface area contributed by atoms with E-state index >= 15 is 0 Å². The van der Waals surface area contributed by atoms with Gasteiger partial charge in [0, 0.05) is 49.4 Å². The molecule has 0 aliphatic heterocycles. The van der Waals surface area contributed by atoms with E-state index in [0.717, 1.165) is 45.9 Å². The number of hydrogen-bond donors (Lipinski definition) is 3. The zero-order chi connectivity index (χ0) is 33.3. The predicted octanol–water partition coefficient (Wildman–Crippen LogP) is 6.38. The van der Waals surface area contributed by atoms with Gasteiger partial charge in [-0.1, -0.05) is 48.5 Å². The van der Waals surface area contributed by atoms with Gasteiger partial charge in [0.2, 0.25) is 17.7 Å². The molecule has 7 rings (SSSR count). The van der Waals surface area contributed by atoms with Gasteiger partial charge in [0.1, 0.15) is 5.75 Å². The van der Waals surface area contributed by atoms with Crippen LogP contribution in [-0.2, 0) is 27.3 Å². The second-order valence-corrected chi connectivity index (χ2v) is 14.5. The molecular formula is C40H50N4O4. The van der Waals surface area contributed by atoms with Gasteiger partial charge in [-0.15, -0.1) is 0 Å². The highest BCUT2D eigenvalue weighted by Crippen LogP contribution is 2.61. The standard InChI is InChI=1S/C40H50N4O4/c1-28(40-23-30-19-31(24-40)21-32(20-30)25-40)44-38(46)10-5-9-37(45)41-17-6-18-48-36-15-12-33(13-16-36)34-11-14-35(42-27-34)22-39(47)43-26-29-7-3-2-4-8-29/h2-4,7-8,11-16,27-28,30-32H,5-6,9-10,17-26H2,1H3,(H,41,45)(H,43,47)(H,44,46). The molecule has 0 spiro atoms. The molecule has 2 aromatic carbocycles. The van der Waals surface area contributed by atoms with Crippen LogP contribution in [0.5, 0.6) is 5.75 Å². The molecule has 4 saturated carbocycles. The van der Waals surface area contributed by atoms with Crippen molar-refractivity contribution in [2.45, 2.75) is 90.1 Å². The molecular weight excluding hydrogens is 600 g/mol. The van der Waals surface area contributed by atoms with Crippen molar-refractivity contribution in [3.63, 3.8) is 0 Å². The van der Waals surface area contributed by atoms with Crippen molar-refractivity contribution in [2.75, 3.05) is 13.2 Å². The molecule has 3 N–H and O–H groups in total. The number of carbonyl (C=O) groups is 3. The van der Waals surface area contributed by atoms with Crippen LogP contribution in [0, 0.1) is 23.2 Å². The largest absolute Gasteiger partial charge is 0.494 e. The van der Waals surface area contributed by atoms with Gasteiger partial charge in [-0.05, 0) is 111 Å². The molecule has 48 heavy (non-hydrogen) atoms. The Morgan fingerprint density at radius 2 is 1.46 bits per heavy atom. The molecule has 254 valence electrons. The topological polar surface area (TPSA) is 109 Å². The van der Waals surface area contributed by atoms with Gasteiger partial charge in [0.15, 0.2) is 0 Å². The molecule has 1 unspecified atom stereocenters. The van der Waals surface area contributed by atoms with E-state index in [2.05, 4.69) is 27.9 Å². The molecule has 3 amide bonds. The first-order valence-corrected chi connectivity index (χ1v) is 17.9. The Bertz CT molecular complexity index is 1490. The maximum atomic E-state index is 12.7. The summed E-state index contributed by atoms with van der Waals surface area (Å²) in [5.41, 5.74) is 4.07. The summed E-state index contributed by atoms with van der Waals surface area (Å²) in [5.74, 6) is 3.38. The Morgan fingerprint density at radius 1 is 0.792 bits per heavy atom. The lowest BCUT2D eigenvalue weighted by atomic mass is 9.48. The van der Waals surface area contributed by atoms with Crippen LogP contribution in [-0.4, -0.2) is 41.9 Å². The Kier molecular flexibility index (Phi) is 11.1. The van der Waals surface area contributed by atoms with Crippen molar-refractivity contribution in [3.05, 3.63) is 84.2 Å². The highest BCUT2D eigenvalue weighted by atomic mass is 16.5. The van der Waals surface area contributed by atoms with Gasteiger partial charge in [0.25, 0.3) is 0 Å². The van der Waals surface area contributed by atoms with Crippen molar-refractivity contribution in [1.29, 1.82) is 0 Å². The summed E-state index contributed by atoms with van der Waals surface area (Å²) in [5, 5.41) is 9.20. The Hall–Kier alpha value is -4.20. The monoisotopic (exact) mass is 650 g/mol. The van der Waals surface area contributed by atoms with Gasteiger partial charge < -0.3 is 20.7 Å². The number of nitrogens with one attached hydrogen (secondary N) is 3. The van der Waals surface area contributed by atoms with Crippen molar-refractivity contribution in [1.82, 2.24) is 20.9 Å². The van der Waals surface area contributed by atoms with E-state index in [-0.39, 0.29) is 30.2 Å². The van der Waals surface area contributed by atoms with Crippen LogP contribution in [0.2, 0.25) is 0 Å². The first kappa shape index (κ1) is 33.7. The van der Waals surface area contributed by atoms with E-state index in [4.69, 9.17) is 4.74 Å². The molecule has 4 fully saturated rings. The van der Waals surface area contributed by atoms with E-state index in [1.807, 2.05) is 66.7 Å². The lowest BCUT2D eigenvalue weighted by Crippen LogP contribution is -2.55. The molecule has 0 radical (unpaired) electrons.